The molecule has 0 aromatic heterocycles. The van der Waals surface area contributed by atoms with E-state index >= 15 is 0 Å². The number of primary amides is 2. The fourth-order valence-electron chi connectivity index (χ4n) is 1.84. The van der Waals surface area contributed by atoms with Gasteiger partial charge in [0.25, 0.3) is 0 Å². The minimum absolute atomic E-state index is 0.132. The van der Waals surface area contributed by atoms with Gasteiger partial charge in [-0.1, -0.05) is 12.1 Å². The number of phenolic OH excluding ortho intramolecular Hbond substituents is 1. The molecule has 0 unspecified atom stereocenters. The Morgan fingerprint density at radius 3 is 2.18 bits per heavy atom. The Hall–Kier alpha value is -4.03. The van der Waals surface area contributed by atoms with Crippen LogP contribution in [0.15, 0.2) is 42.5 Å². The van der Waals surface area contributed by atoms with Crippen LogP contribution in [-0.4, -0.2) is 22.1 Å². The molecule has 4 amide bonds. The lowest BCUT2D eigenvalue weighted by Crippen LogP contribution is -2.20. The fourth-order valence-corrected chi connectivity index (χ4v) is 1.84. The van der Waals surface area contributed by atoms with Crippen LogP contribution in [0.25, 0.3) is 0 Å². The van der Waals surface area contributed by atoms with Crippen molar-refractivity contribution in [3.05, 3.63) is 58.1 Å². The van der Waals surface area contributed by atoms with Crippen LogP contribution in [0.1, 0.15) is 5.56 Å². The predicted octanol–water partition coefficient (Wildman–Crippen LogP) is 2.99. The molecule has 2 aromatic rings. The number of nitro groups is 1. The third kappa shape index (κ3) is 6.70. The van der Waals surface area contributed by atoms with Crippen LogP contribution >= 0.6 is 0 Å². The van der Waals surface area contributed by atoms with Gasteiger partial charge in [-0.3, -0.25) is 10.1 Å². The van der Waals surface area contributed by atoms with Crippen LogP contribution in [0, 0.1) is 10.1 Å². The second-order valence-corrected chi connectivity index (χ2v) is 4.99. The molecule has 2 rings (SSSR count). The Morgan fingerprint density at radius 1 is 1.07 bits per heavy atom. The van der Waals surface area contributed by atoms with E-state index in [1.807, 2.05) is 0 Å². The van der Waals surface area contributed by atoms with Gasteiger partial charge in [0.15, 0.2) is 0 Å². The molecule has 0 aliphatic heterocycles. The molecule has 0 heterocycles. The number of nitrogens with one attached hydrogen (secondary N) is 2. The van der Waals surface area contributed by atoms with Crippen LogP contribution < -0.4 is 22.1 Å². The van der Waals surface area contributed by atoms with E-state index in [2.05, 4.69) is 22.1 Å². The number of anilines is 2. The largest absolute Gasteiger partial charge is 0.501 e. The summed E-state index contributed by atoms with van der Waals surface area (Å²) in [6.07, 6.45) is -4.56. The Bertz CT molecular complexity index is 885. The van der Waals surface area contributed by atoms with Crippen LogP contribution in [0.4, 0.5) is 39.8 Å². The Morgan fingerprint density at radius 2 is 1.64 bits per heavy atom. The quantitative estimate of drug-likeness (QED) is 0.301. The smallest absolute Gasteiger partial charge is 0.416 e. The first kappa shape index (κ1) is 22.0. The van der Waals surface area contributed by atoms with E-state index in [4.69, 9.17) is 4.79 Å². The molecule has 150 valence electrons. The molecule has 0 aliphatic carbocycles. The molecule has 0 saturated heterocycles. The van der Waals surface area contributed by atoms with Gasteiger partial charge >= 0.3 is 23.9 Å². The van der Waals surface area contributed by atoms with Crippen LogP contribution in [0.3, 0.4) is 0 Å². The molecule has 10 nitrogen and oxygen atoms in total. The average molecular weight is 401 g/mol. The number of benzene rings is 2. The summed E-state index contributed by atoms with van der Waals surface area (Å²) in [6.45, 7) is 0. The van der Waals surface area contributed by atoms with Crippen LogP contribution in [0.2, 0.25) is 0 Å². The van der Waals surface area contributed by atoms with Crippen molar-refractivity contribution < 1.29 is 32.8 Å². The van der Waals surface area contributed by atoms with Crippen molar-refractivity contribution in [2.45, 2.75) is 6.18 Å². The molecule has 0 radical (unpaired) electrons. The fraction of sp³-hybridized carbons (Fsp3) is 0.0667. The van der Waals surface area contributed by atoms with E-state index in [1.165, 1.54) is 18.2 Å². The standard InChI is InChI=1S/C14H10F3N3O4.CH4N2O/c15-14(16,17)8-3-1-4-9(7-8)18-13(22)19-10-5-2-6-11(12(10)21)20(23)24;2-1(3)4/h1-7,21H,(H2,18,19,22);(H4,2,3,4). The maximum absolute atomic E-state index is 12.6. The van der Waals surface area contributed by atoms with Gasteiger partial charge < -0.3 is 27.2 Å². The highest BCUT2D eigenvalue weighted by Crippen LogP contribution is 2.33. The van der Waals surface area contributed by atoms with Crippen molar-refractivity contribution in [3.8, 4) is 5.75 Å². The predicted molar refractivity (Wildman–Crippen MR) is 92.6 cm³/mol. The van der Waals surface area contributed by atoms with Gasteiger partial charge in [-0.05, 0) is 24.3 Å². The third-order valence-corrected chi connectivity index (χ3v) is 2.91. The van der Waals surface area contributed by atoms with Crippen molar-refractivity contribution in [2.24, 2.45) is 11.5 Å². The first-order valence-corrected chi connectivity index (χ1v) is 7.18. The summed E-state index contributed by atoms with van der Waals surface area (Å²) < 4.78 is 37.8. The topological polar surface area (TPSA) is 174 Å². The zero-order valence-electron chi connectivity index (χ0n) is 13.9. The third-order valence-electron chi connectivity index (χ3n) is 2.91. The number of carbonyl (C=O) groups is 2. The first-order chi connectivity index (χ1) is 12.9. The number of amides is 4. The van der Waals surface area contributed by atoms with Gasteiger partial charge in [-0.2, -0.15) is 13.2 Å². The Labute approximate surface area is 155 Å². The van der Waals surface area contributed by atoms with Gasteiger partial charge in [0.1, 0.15) is 0 Å². The van der Waals surface area contributed by atoms with E-state index in [0.717, 1.165) is 24.3 Å². The average Bonchev–Trinajstić information content (AvgIpc) is 2.55. The summed E-state index contributed by atoms with van der Waals surface area (Å²) in [5.74, 6) is -0.762. The number of nitro benzene ring substituents is 1. The Kier molecular flexibility index (Phi) is 7.13. The van der Waals surface area contributed by atoms with Gasteiger partial charge in [0.05, 0.1) is 16.2 Å². The summed E-state index contributed by atoms with van der Waals surface area (Å²) >= 11 is 0. The highest BCUT2D eigenvalue weighted by atomic mass is 19.4. The second-order valence-electron chi connectivity index (χ2n) is 4.99. The molecule has 0 fully saturated rings. The number of hydrogen-bond acceptors (Lipinski definition) is 5. The molecule has 0 atom stereocenters. The molecule has 7 N–H and O–H groups in total. The van der Waals surface area contributed by atoms with E-state index in [0.29, 0.717) is 0 Å². The van der Waals surface area contributed by atoms with E-state index in [1.54, 1.807) is 0 Å². The lowest BCUT2D eigenvalue weighted by atomic mass is 10.2. The summed E-state index contributed by atoms with van der Waals surface area (Å²) in [5, 5.41) is 24.7. The number of nitrogens with two attached hydrogens (primary N) is 2. The van der Waals surface area contributed by atoms with Crippen molar-refractivity contribution in [1.82, 2.24) is 0 Å². The van der Waals surface area contributed by atoms with Gasteiger partial charge in [0, 0.05) is 11.8 Å². The Balaban J connectivity index is 0.000000892. The van der Waals surface area contributed by atoms with E-state index in [9.17, 15) is 33.2 Å². The number of carbonyl (C=O) groups excluding carboxylic acids is 2. The zero-order chi connectivity index (χ0) is 21.5. The maximum atomic E-state index is 12.6. The minimum atomic E-state index is -4.56. The minimum Gasteiger partial charge on any atom is -0.501 e. The SMILES string of the molecule is NC(N)=O.O=C(Nc1cccc(C(F)(F)F)c1)Nc1cccc([N+](=O)[O-])c1O. The van der Waals surface area contributed by atoms with Gasteiger partial charge in [0.2, 0.25) is 5.75 Å². The monoisotopic (exact) mass is 401 g/mol. The number of urea groups is 2. The summed E-state index contributed by atoms with van der Waals surface area (Å²) in [6, 6.07) is 5.59. The molecule has 0 saturated carbocycles. The van der Waals surface area contributed by atoms with Crippen molar-refractivity contribution in [3.63, 3.8) is 0 Å². The van der Waals surface area contributed by atoms with Gasteiger partial charge in [-0.15, -0.1) is 0 Å². The lowest BCUT2D eigenvalue weighted by molar-refractivity contribution is -0.385. The molecule has 13 heteroatoms. The summed E-state index contributed by atoms with van der Waals surface area (Å²) in [4.78, 5) is 30.6. The number of aromatic hydroxyl groups is 1. The number of alkyl halides is 3. The summed E-state index contributed by atoms with van der Waals surface area (Å²) in [7, 11) is 0. The lowest BCUT2D eigenvalue weighted by Gasteiger charge is -2.11. The molecule has 28 heavy (non-hydrogen) atoms. The first-order valence-electron chi connectivity index (χ1n) is 7.18. The van der Waals surface area contributed by atoms with Crippen molar-refractivity contribution >= 4 is 29.1 Å². The highest BCUT2D eigenvalue weighted by molar-refractivity contribution is 6.01. The molecule has 0 spiro atoms. The molecular formula is C15H14F3N5O5. The summed E-state index contributed by atoms with van der Waals surface area (Å²) in [5.41, 5.74) is 6.55. The number of phenols is 1. The number of nitrogens with zero attached hydrogens (tertiary/aromatic N) is 1. The van der Waals surface area contributed by atoms with E-state index < -0.39 is 40.2 Å². The van der Waals surface area contributed by atoms with Crippen LogP contribution in [0.5, 0.6) is 5.75 Å². The van der Waals surface area contributed by atoms with Crippen molar-refractivity contribution in [1.29, 1.82) is 0 Å². The second kappa shape index (κ2) is 9.07. The highest BCUT2D eigenvalue weighted by Gasteiger charge is 2.30. The number of para-hydroxylation sites is 1. The normalized spacial score (nSPS) is 10.2. The molecule has 0 aliphatic rings. The van der Waals surface area contributed by atoms with Gasteiger partial charge in [-0.25, -0.2) is 9.59 Å². The zero-order valence-corrected chi connectivity index (χ0v) is 13.9. The van der Waals surface area contributed by atoms with Crippen LogP contribution in [-0.2, 0) is 6.18 Å². The number of rotatable bonds is 3. The van der Waals surface area contributed by atoms with Crippen molar-refractivity contribution in [2.75, 3.05) is 10.6 Å². The number of hydrogen-bond donors (Lipinski definition) is 5. The molecule has 2 aromatic carbocycles. The molecule has 0 bridgehead atoms. The molecular weight excluding hydrogens is 387 g/mol. The van der Waals surface area contributed by atoms with E-state index in [-0.39, 0.29) is 11.4 Å². The maximum Gasteiger partial charge on any atom is 0.416 e. The number of halogens is 3.